The van der Waals surface area contributed by atoms with Crippen LogP contribution in [0.3, 0.4) is 0 Å². The lowest BCUT2D eigenvalue weighted by Gasteiger charge is -2.05. The Labute approximate surface area is 128 Å². The summed E-state index contributed by atoms with van der Waals surface area (Å²) in [6.45, 7) is 0.726. The zero-order valence-electron chi connectivity index (χ0n) is 11.6. The quantitative estimate of drug-likeness (QED) is 0.746. The number of methoxy groups -OCH3 is 1. The minimum atomic E-state index is -0.0806. The van der Waals surface area contributed by atoms with E-state index in [0.717, 1.165) is 11.3 Å². The highest BCUT2D eigenvalue weighted by atomic mass is 35.5. The van der Waals surface area contributed by atoms with Crippen LogP contribution in [0, 0.1) is 0 Å². The van der Waals surface area contributed by atoms with E-state index in [4.69, 9.17) is 10.5 Å². The third-order valence-corrected chi connectivity index (χ3v) is 2.69. The predicted octanol–water partition coefficient (Wildman–Crippen LogP) is 1.33. The number of amides is 1. The minimum Gasteiger partial charge on any atom is -0.384 e. The summed E-state index contributed by atoms with van der Waals surface area (Å²) >= 11 is 0. The molecule has 0 saturated carbocycles. The van der Waals surface area contributed by atoms with E-state index in [-0.39, 0.29) is 18.3 Å². The maximum atomic E-state index is 11.5. The van der Waals surface area contributed by atoms with Gasteiger partial charge in [0.25, 0.3) is 0 Å². The van der Waals surface area contributed by atoms with Crippen LogP contribution in [0.2, 0.25) is 0 Å². The van der Waals surface area contributed by atoms with Crippen LogP contribution in [0.25, 0.3) is 11.4 Å². The first kappa shape index (κ1) is 17.1. The smallest absolute Gasteiger partial charge is 0.226 e. The van der Waals surface area contributed by atoms with Gasteiger partial charge in [-0.05, 0) is 24.3 Å². The molecule has 0 saturated heterocycles. The van der Waals surface area contributed by atoms with E-state index in [0.29, 0.717) is 31.2 Å². The zero-order chi connectivity index (χ0) is 14.4. The van der Waals surface area contributed by atoms with E-state index in [9.17, 15) is 4.79 Å². The van der Waals surface area contributed by atoms with Gasteiger partial charge in [0.2, 0.25) is 5.91 Å². The van der Waals surface area contributed by atoms with Crippen molar-refractivity contribution in [3.63, 3.8) is 0 Å². The Hall–Kier alpha value is -1.96. The SMILES string of the molecule is COCCC(=O)Nc1ccc(-c2n[nH]c(CN)n2)cc1.Cl. The second-order valence-electron chi connectivity index (χ2n) is 4.18. The molecule has 8 heteroatoms. The monoisotopic (exact) mass is 311 g/mol. The molecule has 2 rings (SSSR count). The number of halogens is 1. The van der Waals surface area contributed by atoms with Crippen molar-refractivity contribution in [2.24, 2.45) is 5.73 Å². The molecular formula is C13H18ClN5O2. The lowest BCUT2D eigenvalue weighted by molar-refractivity contribution is -0.117. The zero-order valence-corrected chi connectivity index (χ0v) is 12.4. The van der Waals surface area contributed by atoms with Gasteiger partial charge in [0.15, 0.2) is 5.82 Å². The topological polar surface area (TPSA) is 106 Å². The Morgan fingerprint density at radius 1 is 1.38 bits per heavy atom. The molecule has 0 unspecified atom stereocenters. The van der Waals surface area contributed by atoms with Crippen LogP contribution < -0.4 is 11.1 Å². The Morgan fingerprint density at radius 3 is 2.67 bits per heavy atom. The van der Waals surface area contributed by atoms with Crippen molar-refractivity contribution in [1.82, 2.24) is 15.2 Å². The molecule has 21 heavy (non-hydrogen) atoms. The molecule has 0 atom stereocenters. The number of nitrogens with two attached hydrogens (primary N) is 1. The molecule has 0 radical (unpaired) electrons. The van der Waals surface area contributed by atoms with Crippen LogP contribution in [-0.2, 0) is 16.1 Å². The van der Waals surface area contributed by atoms with Crippen LogP contribution in [0.4, 0.5) is 5.69 Å². The van der Waals surface area contributed by atoms with Gasteiger partial charge in [0.1, 0.15) is 5.82 Å². The third-order valence-electron chi connectivity index (χ3n) is 2.69. The fourth-order valence-corrected chi connectivity index (χ4v) is 1.64. The van der Waals surface area contributed by atoms with Crippen molar-refractivity contribution in [2.45, 2.75) is 13.0 Å². The van der Waals surface area contributed by atoms with E-state index in [2.05, 4.69) is 20.5 Å². The number of rotatable bonds is 6. The number of anilines is 1. The normalized spacial score (nSPS) is 10.0. The molecular weight excluding hydrogens is 294 g/mol. The Morgan fingerprint density at radius 2 is 2.10 bits per heavy atom. The van der Waals surface area contributed by atoms with Gasteiger partial charge < -0.3 is 15.8 Å². The third kappa shape index (κ3) is 4.82. The molecule has 0 aliphatic rings. The number of benzene rings is 1. The highest BCUT2D eigenvalue weighted by molar-refractivity contribution is 5.90. The fourth-order valence-electron chi connectivity index (χ4n) is 1.64. The molecule has 1 aromatic heterocycles. The summed E-state index contributed by atoms with van der Waals surface area (Å²) in [5, 5.41) is 9.61. The second kappa shape index (κ2) is 8.35. The van der Waals surface area contributed by atoms with Gasteiger partial charge in [-0.2, -0.15) is 5.10 Å². The Kier molecular flexibility index (Phi) is 6.80. The number of H-pyrrole nitrogens is 1. The number of nitrogens with one attached hydrogen (secondary N) is 2. The lowest BCUT2D eigenvalue weighted by atomic mass is 10.2. The Bertz CT molecular complexity index is 570. The summed E-state index contributed by atoms with van der Waals surface area (Å²) in [5.74, 6) is 1.14. The highest BCUT2D eigenvalue weighted by Gasteiger charge is 2.06. The van der Waals surface area contributed by atoms with Gasteiger partial charge in [-0.15, -0.1) is 12.4 Å². The van der Waals surface area contributed by atoms with Crippen LogP contribution in [0.1, 0.15) is 12.2 Å². The summed E-state index contributed by atoms with van der Waals surface area (Å²) in [6, 6.07) is 7.29. The number of nitrogens with zero attached hydrogens (tertiary/aromatic N) is 2. The number of aromatic amines is 1. The molecule has 0 aliphatic carbocycles. The van der Waals surface area contributed by atoms with Gasteiger partial charge in [-0.3, -0.25) is 9.89 Å². The van der Waals surface area contributed by atoms with Crippen molar-refractivity contribution in [1.29, 1.82) is 0 Å². The molecule has 0 fully saturated rings. The molecule has 114 valence electrons. The number of hydrogen-bond acceptors (Lipinski definition) is 5. The molecule has 7 nitrogen and oxygen atoms in total. The van der Waals surface area contributed by atoms with E-state index < -0.39 is 0 Å². The van der Waals surface area contributed by atoms with Crippen molar-refractivity contribution in [3.8, 4) is 11.4 Å². The maximum absolute atomic E-state index is 11.5. The number of aromatic nitrogens is 3. The molecule has 0 aliphatic heterocycles. The van der Waals surface area contributed by atoms with E-state index in [1.54, 1.807) is 19.2 Å². The van der Waals surface area contributed by atoms with Crippen LogP contribution in [0.5, 0.6) is 0 Å². The highest BCUT2D eigenvalue weighted by Crippen LogP contribution is 2.17. The molecule has 0 spiro atoms. The van der Waals surface area contributed by atoms with E-state index in [1.165, 1.54) is 0 Å². The van der Waals surface area contributed by atoms with Crippen molar-refractivity contribution < 1.29 is 9.53 Å². The van der Waals surface area contributed by atoms with Gasteiger partial charge >= 0.3 is 0 Å². The first-order valence-corrected chi connectivity index (χ1v) is 6.23. The second-order valence-corrected chi connectivity index (χ2v) is 4.18. The summed E-state index contributed by atoms with van der Waals surface area (Å²) in [4.78, 5) is 15.8. The van der Waals surface area contributed by atoms with Crippen LogP contribution in [0.15, 0.2) is 24.3 Å². The fraction of sp³-hybridized carbons (Fsp3) is 0.308. The summed E-state index contributed by atoms with van der Waals surface area (Å²) < 4.78 is 4.85. The molecule has 1 heterocycles. The van der Waals surface area contributed by atoms with Crippen molar-refractivity contribution in [3.05, 3.63) is 30.1 Å². The van der Waals surface area contributed by atoms with Gasteiger partial charge in [0.05, 0.1) is 19.6 Å². The molecule has 4 N–H and O–H groups in total. The molecule has 0 bridgehead atoms. The summed E-state index contributed by atoms with van der Waals surface area (Å²) in [5.41, 5.74) is 7.05. The van der Waals surface area contributed by atoms with Crippen molar-refractivity contribution >= 4 is 24.0 Å². The van der Waals surface area contributed by atoms with Crippen LogP contribution >= 0.6 is 12.4 Å². The number of hydrogen-bond donors (Lipinski definition) is 3. The van der Waals surface area contributed by atoms with E-state index in [1.807, 2.05) is 12.1 Å². The minimum absolute atomic E-state index is 0. The van der Waals surface area contributed by atoms with Crippen LogP contribution in [-0.4, -0.2) is 34.8 Å². The average Bonchev–Trinajstić information content (AvgIpc) is 2.95. The number of ether oxygens (including phenoxy) is 1. The first-order valence-electron chi connectivity index (χ1n) is 6.23. The molecule has 1 aromatic carbocycles. The lowest BCUT2D eigenvalue weighted by Crippen LogP contribution is -2.13. The largest absolute Gasteiger partial charge is 0.384 e. The Balaban J connectivity index is 0.00000220. The van der Waals surface area contributed by atoms with E-state index >= 15 is 0 Å². The van der Waals surface area contributed by atoms with Crippen molar-refractivity contribution in [2.75, 3.05) is 19.0 Å². The molecule has 1 amide bonds. The predicted molar refractivity (Wildman–Crippen MR) is 82.1 cm³/mol. The maximum Gasteiger partial charge on any atom is 0.226 e. The first-order chi connectivity index (χ1) is 9.72. The number of carbonyl (C=O) groups is 1. The summed E-state index contributed by atoms with van der Waals surface area (Å²) in [6.07, 6.45) is 0.332. The standard InChI is InChI=1S/C13H17N5O2.ClH/c1-20-7-6-12(19)15-10-4-2-9(3-5-10)13-16-11(8-14)17-18-13;/h2-5H,6-8,14H2,1H3,(H,15,19)(H,16,17,18);1H. The number of carbonyl (C=O) groups excluding carboxylic acids is 1. The molecule has 2 aromatic rings. The van der Waals surface area contributed by atoms with Gasteiger partial charge in [-0.25, -0.2) is 4.98 Å². The summed E-state index contributed by atoms with van der Waals surface area (Å²) in [7, 11) is 1.56. The van der Waals surface area contributed by atoms with Gasteiger partial charge in [0, 0.05) is 18.4 Å². The van der Waals surface area contributed by atoms with Gasteiger partial charge in [-0.1, -0.05) is 0 Å². The average molecular weight is 312 g/mol.